The van der Waals surface area contributed by atoms with Gasteiger partial charge in [0, 0.05) is 10.0 Å². The Morgan fingerprint density at radius 2 is 2.12 bits per heavy atom. The highest BCUT2D eigenvalue weighted by molar-refractivity contribution is 9.10. The molecule has 0 bridgehead atoms. The van der Waals surface area contributed by atoms with E-state index in [2.05, 4.69) is 21.0 Å². The lowest BCUT2D eigenvalue weighted by Gasteiger charge is -2.13. The molecule has 6 heteroatoms. The SMILES string of the molecule is CCOc1cc(C=NN)c(Br)cc1OCCO. The summed E-state index contributed by atoms with van der Waals surface area (Å²) in [7, 11) is 0. The summed E-state index contributed by atoms with van der Waals surface area (Å²) < 4.78 is 11.6. The van der Waals surface area contributed by atoms with E-state index in [1.165, 1.54) is 6.21 Å². The van der Waals surface area contributed by atoms with Crippen LogP contribution in [0.4, 0.5) is 0 Å². The molecule has 0 aliphatic rings. The van der Waals surface area contributed by atoms with Crippen LogP contribution in [0, 0.1) is 0 Å². The van der Waals surface area contributed by atoms with Gasteiger partial charge in [-0.3, -0.25) is 0 Å². The second-order valence-electron chi connectivity index (χ2n) is 3.10. The van der Waals surface area contributed by atoms with Crippen molar-refractivity contribution in [2.45, 2.75) is 6.92 Å². The number of hydrogen-bond donors (Lipinski definition) is 2. The first-order valence-corrected chi connectivity index (χ1v) is 5.95. The molecule has 0 fully saturated rings. The minimum Gasteiger partial charge on any atom is -0.490 e. The topological polar surface area (TPSA) is 77.1 Å². The molecule has 0 radical (unpaired) electrons. The van der Waals surface area contributed by atoms with Crippen molar-refractivity contribution in [3.63, 3.8) is 0 Å². The quantitative estimate of drug-likeness (QED) is 0.474. The van der Waals surface area contributed by atoms with Crippen LogP contribution in [0.3, 0.4) is 0 Å². The van der Waals surface area contributed by atoms with Crippen LogP contribution in [0.25, 0.3) is 0 Å². The number of aliphatic hydroxyl groups excluding tert-OH is 1. The van der Waals surface area contributed by atoms with Crippen LogP contribution in [-0.2, 0) is 0 Å². The minimum absolute atomic E-state index is 0.0464. The highest BCUT2D eigenvalue weighted by Crippen LogP contribution is 2.33. The Morgan fingerprint density at radius 1 is 1.41 bits per heavy atom. The fourth-order valence-electron chi connectivity index (χ4n) is 1.27. The van der Waals surface area contributed by atoms with E-state index in [0.29, 0.717) is 18.1 Å². The molecule has 0 amide bonds. The Labute approximate surface area is 108 Å². The zero-order valence-electron chi connectivity index (χ0n) is 9.52. The first-order valence-electron chi connectivity index (χ1n) is 5.16. The van der Waals surface area contributed by atoms with Gasteiger partial charge in [-0.1, -0.05) is 0 Å². The van der Waals surface area contributed by atoms with Crippen molar-refractivity contribution in [3.05, 3.63) is 22.2 Å². The fraction of sp³-hybridized carbons (Fsp3) is 0.364. The van der Waals surface area contributed by atoms with Crippen molar-refractivity contribution in [1.29, 1.82) is 0 Å². The average Bonchev–Trinajstić information content (AvgIpc) is 2.32. The van der Waals surface area contributed by atoms with Gasteiger partial charge < -0.3 is 20.4 Å². The minimum atomic E-state index is -0.0464. The number of hydrogen-bond acceptors (Lipinski definition) is 5. The van der Waals surface area contributed by atoms with Gasteiger partial charge in [0.15, 0.2) is 11.5 Å². The Hall–Kier alpha value is -1.27. The summed E-state index contributed by atoms with van der Waals surface area (Å²) in [5.41, 5.74) is 0.798. The molecule has 1 rings (SSSR count). The highest BCUT2D eigenvalue weighted by atomic mass is 79.9. The van der Waals surface area contributed by atoms with Crippen LogP contribution in [-0.4, -0.2) is 31.1 Å². The number of hydrazone groups is 1. The Kier molecular flexibility index (Phi) is 5.79. The van der Waals surface area contributed by atoms with Gasteiger partial charge in [-0.15, -0.1) is 0 Å². The van der Waals surface area contributed by atoms with E-state index < -0.39 is 0 Å². The van der Waals surface area contributed by atoms with E-state index >= 15 is 0 Å². The van der Waals surface area contributed by atoms with Crippen molar-refractivity contribution < 1.29 is 14.6 Å². The molecule has 0 saturated carbocycles. The van der Waals surface area contributed by atoms with E-state index in [9.17, 15) is 0 Å². The zero-order valence-corrected chi connectivity index (χ0v) is 11.1. The molecule has 1 aromatic rings. The lowest BCUT2D eigenvalue weighted by molar-refractivity contribution is 0.194. The van der Waals surface area contributed by atoms with Crippen LogP contribution in [0.1, 0.15) is 12.5 Å². The van der Waals surface area contributed by atoms with Crippen LogP contribution in [0.15, 0.2) is 21.7 Å². The first-order chi connectivity index (χ1) is 8.22. The van der Waals surface area contributed by atoms with Crippen molar-refractivity contribution in [3.8, 4) is 11.5 Å². The number of rotatable bonds is 6. The van der Waals surface area contributed by atoms with Gasteiger partial charge in [-0.05, 0) is 35.0 Å². The fourth-order valence-corrected chi connectivity index (χ4v) is 1.69. The third-order valence-electron chi connectivity index (χ3n) is 1.93. The molecule has 0 saturated heterocycles. The molecule has 0 heterocycles. The van der Waals surface area contributed by atoms with Crippen molar-refractivity contribution in [2.24, 2.45) is 10.9 Å². The maximum Gasteiger partial charge on any atom is 0.162 e. The van der Waals surface area contributed by atoms with Crippen LogP contribution in [0.2, 0.25) is 0 Å². The molecule has 5 nitrogen and oxygen atoms in total. The highest BCUT2D eigenvalue weighted by Gasteiger charge is 2.09. The second-order valence-corrected chi connectivity index (χ2v) is 3.96. The average molecular weight is 303 g/mol. The normalized spacial score (nSPS) is 10.8. The second kappa shape index (κ2) is 7.13. The molecule has 94 valence electrons. The summed E-state index contributed by atoms with van der Waals surface area (Å²) in [6, 6.07) is 3.54. The monoisotopic (exact) mass is 302 g/mol. The molecule has 3 N–H and O–H groups in total. The van der Waals surface area contributed by atoms with Gasteiger partial charge in [-0.25, -0.2) is 0 Å². The van der Waals surface area contributed by atoms with Gasteiger partial charge >= 0.3 is 0 Å². The van der Waals surface area contributed by atoms with E-state index in [0.717, 1.165) is 10.0 Å². The number of aliphatic hydroxyl groups is 1. The Morgan fingerprint density at radius 3 is 2.71 bits per heavy atom. The number of benzene rings is 1. The molecule has 0 spiro atoms. The predicted molar refractivity (Wildman–Crippen MR) is 69.7 cm³/mol. The smallest absolute Gasteiger partial charge is 0.162 e. The van der Waals surface area contributed by atoms with Gasteiger partial charge in [0.05, 0.1) is 19.4 Å². The molecular weight excluding hydrogens is 288 g/mol. The maximum atomic E-state index is 8.74. The van der Waals surface area contributed by atoms with Crippen molar-refractivity contribution >= 4 is 22.1 Å². The zero-order chi connectivity index (χ0) is 12.7. The maximum absolute atomic E-state index is 8.74. The molecule has 0 aliphatic carbocycles. The van der Waals surface area contributed by atoms with Crippen molar-refractivity contribution in [1.82, 2.24) is 0 Å². The standard InChI is InChI=1S/C11H15BrN2O3/c1-2-16-10-5-8(7-14-13)9(12)6-11(10)17-4-3-15/h5-7,15H,2-4,13H2,1H3. The van der Waals surface area contributed by atoms with E-state index in [1.807, 2.05) is 6.92 Å². The summed E-state index contributed by atoms with van der Waals surface area (Å²) in [6.07, 6.45) is 1.52. The van der Waals surface area contributed by atoms with E-state index in [-0.39, 0.29) is 13.2 Å². The van der Waals surface area contributed by atoms with Crippen LogP contribution in [0.5, 0.6) is 11.5 Å². The van der Waals surface area contributed by atoms with E-state index in [4.69, 9.17) is 20.4 Å². The lowest BCUT2D eigenvalue weighted by Crippen LogP contribution is -2.05. The molecule has 0 atom stereocenters. The Balaban J connectivity index is 3.06. The van der Waals surface area contributed by atoms with Gasteiger partial charge in [0.25, 0.3) is 0 Å². The number of ether oxygens (including phenoxy) is 2. The summed E-state index contributed by atoms with van der Waals surface area (Å²) in [5.74, 6) is 6.28. The van der Waals surface area contributed by atoms with Gasteiger partial charge in [0.1, 0.15) is 6.61 Å². The van der Waals surface area contributed by atoms with Gasteiger partial charge in [0.2, 0.25) is 0 Å². The molecule has 0 aromatic heterocycles. The molecule has 0 unspecified atom stereocenters. The summed E-state index contributed by atoms with van der Waals surface area (Å²) >= 11 is 3.38. The number of nitrogens with two attached hydrogens (primary N) is 1. The molecule has 17 heavy (non-hydrogen) atoms. The molecule has 1 aromatic carbocycles. The summed E-state index contributed by atoms with van der Waals surface area (Å²) in [4.78, 5) is 0. The Bertz CT molecular complexity index is 397. The van der Waals surface area contributed by atoms with Crippen LogP contribution < -0.4 is 15.3 Å². The largest absolute Gasteiger partial charge is 0.490 e. The van der Waals surface area contributed by atoms with Crippen molar-refractivity contribution in [2.75, 3.05) is 19.8 Å². The third kappa shape index (κ3) is 3.90. The summed E-state index contributed by atoms with van der Waals surface area (Å²) in [6.45, 7) is 2.58. The van der Waals surface area contributed by atoms with Crippen LogP contribution >= 0.6 is 15.9 Å². The lowest BCUT2D eigenvalue weighted by atomic mass is 10.2. The number of nitrogens with zero attached hydrogens (tertiary/aromatic N) is 1. The molecule has 0 aliphatic heterocycles. The molecular formula is C11H15BrN2O3. The van der Waals surface area contributed by atoms with Gasteiger partial charge in [-0.2, -0.15) is 5.10 Å². The first kappa shape index (κ1) is 13.8. The third-order valence-corrected chi connectivity index (χ3v) is 2.61. The van der Waals surface area contributed by atoms with E-state index in [1.54, 1.807) is 12.1 Å². The summed E-state index contributed by atoms with van der Waals surface area (Å²) in [5, 5.41) is 12.2. The predicted octanol–water partition coefficient (Wildman–Crippen LogP) is 1.51. The number of halogens is 1.